The Morgan fingerprint density at radius 1 is 1.00 bits per heavy atom. The smallest absolute Gasteiger partial charge is 0.406 e. The molecular weight excluding hydrogens is 453 g/mol. The molecule has 2 atom stereocenters. The second kappa shape index (κ2) is 9.19. The van der Waals surface area contributed by atoms with Crippen LogP contribution in [0, 0.1) is 0 Å². The molecule has 3 aromatic carbocycles. The molecule has 0 radical (unpaired) electrons. The van der Waals surface area contributed by atoms with Crippen molar-refractivity contribution in [2.45, 2.75) is 25.4 Å². The Balaban J connectivity index is 1.70. The molecule has 4 rings (SSSR count). The van der Waals surface area contributed by atoms with Crippen molar-refractivity contribution in [3.05, 3.63) is 107 Å². The van der Waals surface area contributed by atoms with Gasteiger partial charge in [-0.05, 0) is 60.5 Å². The molecule has 4 nitrogen and oxygen atoms in total. The van der Waals surface area contributed by atoms with E-state index >= 15 is 0 Å². The van der Waals surface area contributed by atoms with Crippen LogP contribution in [0.15, 0.2) is 90.6 Å². The van der Waals surface area contributed by atoms with E-state index in [1.54, 1.807) is 36.4 Å². The van der Waals surface area contributed by atoms with Crippen molar-refractivity contribution in [1.82, 2.24) is 5.32 Å². The van der Waals surface area contributed by atoms with Crippen LogP contribution in [-0.4, -0.2) is 12.3 Å². The molecule has 3 aromatic rings. The summed E-state index contributed by atoms with van der Waals surface area (Å²) in [5.41, 5.74) is 2.39. The molecule has 170 valence electrons. The number of nitrogens with one attached hydrogen (secondary N) is 1. The molecule has 0 spiro atoms. The van der Waals surface area contributed by atoms with E-state index in [0.29, 0.717) is 22.0 Å². The Kier molecular flexibility index (Phi) is 6.33. The number of hydrogen-bond acceptors (Lipinski definition) is 3. The number of benzene rings is 3. The Labute approximate surface area is 194 Å². The van der Waals surface area contributed by atoms with E-state index < -0.39 is 12.4 Å². The normalized spacial score (nSPS) is 17.0. The van der Waals surface area contributed by atoms with Gasteiger partial charge in [0, 0.05) is 16.8 Å². The number of carbonyl (C=O) groups is 1. The monoisotopic (exact) mass is 472 g/mol. The van der Waals surface area contributed by atoms with Gasteiger partial charge in [0.2, 0.25) is 0 Å². The van der Waals surface area contributed by atoms with Crippen LogP contribution in [0.3, 0.4) is 0 Å². The minimum atomic E-state index is -4.81. The third-order valence-electron chi connectivity index (χ3n) is 5.26. The zero-order valence-corrected chi connectivity index (χ0v) is 18.3. The van der Waals surface area contributed by atoms with Crippen molar-refractivity contribution < 1.29 is 22.7 Å². The summed E-state index contributed by atoms with van der Waals surface area (Å²) in [6.45, 7) is 1.93. The topological polar surface area (TPSA) is 41.6 Å². The molecule has 8 heteroatoms. The van der Waals surface area contributed by atoms with Crippen LogP contribution in [0.25, 0.3) is 0 Å². The summed E-state index contributed by atoms with van der Waals surface area (Å²) in [5.74, 6) is -0.650. The summed E-state index contributed by atoms with van der Waals surface area (Å²) < 4.78 is 42.3. The number of ether oxygens (including phenoxy) is 1. The Morgan fingerprint density at radius 3 is 2.36 bits per heavy atom. The first-order valence-corrected chi connectivity index (χ1v) is 10.6. The van der Waals surface area contributed by atoms with Gasteiger partial charge in [-0.1, -0.05) is 54.1 Å². The highest BCUT2D eigenvalue weighted by Crippen LogP contribution is 2.37. The third-order valence-corrected chi connectivity index (χ3v) is 5.51. The summed E-state index contributed by atoms with van der Waals surface area (Å²) in [6, 6.07) is 21.2. The predicted octanol–water partition coefficient (Wildman–Crippen LogP) is 6.56. The van der Waals surface area contributed by atoms with Gasteiger partial charge in [0.05, 0.1) is 11.7 Å². The van der Waals surface area contributed by atoms with Gasteiger partial charge in [-0.15, -0.1) is 13.2 Å². The van der Waals surface area contributed by atoms with Gasteiger partial charge >= 0.3 is 6.36 Å². The van der Waals surface area contributed by atoms with Gasteiger partial charge in [0.15, 0.2) is 0 Å². The summed E-state index contributed by atoms with van der Waals surface area (Å²) in [6.07, 6.45) is -3.10. The molecule has 1 aliphatic rings. The van der Waals surface area contributed by atoms with Crippen LogP contribution in [0.1, 0.15) is 30.1 Å². The molecule has 0 fully saturated rings. The maximum absolute atomic E-state index is 13.4. The number of halogens is 4. The molecule has 1 amide bonds. The Morgan fingerprint density at radius 2 is 1.70 bits per heavy atom. The average Bonchev–Trinajstić information content (AvgIpc) is 3.10. The van der Waals surface area contributed by atoms with Crippen LogP contribution in [0.4, 0.5) is 18.9 Å². The lowest BCUT2D eigenvalue weighted by Gasteiger charge is -2.26. The number of hydrogen-bond donors (Lipinski definition) is 1. The van der Waals surface area contributed by atoms with Crippen molar-refractivity contribution in [3.63, 3.8) is 0 Å². The van der Waals surface area contributed by atoms with Gasteiger partial charge in [0.1, 0.15) is 5.75 Å². The second-order valence-electron chi connectivity index (χ2n) is 7.57. The molecule has 1 heterocycles. The van der Waals surface area contributed by atoms with Crippen LogP contribution < -0.4 is 15.0 Å². The first kappa shape index (κ1) is 22.7. The number of rotatable bonds is 6. The molecule has 1 aliphatic heterocycles. The largest absolute Gasteiger partial charge is 0.573 e. The third kappa shape index (κ3) is 5.31. The molecule has 0 saturated heterocycles. The molecule has 0 aromatic heterocycles. The highest BCUT2D eigenvalue weighted by Gasteiger charge is 2.36. The molecule has 0 saturated carbocycles. The number of anilines is 1. The number of amides is 1. The van der Waals surface area contributed by atoms with Gasteiger partial charge in [-0.2, -0.15) is 0 Å². The van der Waals surface area contributed by atoms with Gasteiger partial charge < -0.3 is 10.1 Å². The Bertz CT molecular complexity index is 1160. The summed E-state index contributed by atoms with van der Waals surface area (Å²) in [4.78, 5) is 14.9. The van der Waals surface area contributed by atoms with E-state index in [1.807, 2.05) is 37.3 Å². The molecule has 1 N–H and O–H groups in total. The van der Waals surface area contributed by atoms with Crippen molar-refractivity contribution in [2.24, 2.45) is 0 Å². The molecule has 0 aliphatic carbocycles. The van der Waals surface area contributed by atoms with E-state index in [4.69, 9.17) is 11.6 Å². The van der Waals surface area contributed by atoms with Crippen LogP contribution >= 0.6 is 11.6 Å². The lowest BCUT2D eigenvalue weighted by Crippen LogP contribution is -2.33. The fourth-order valence-corrected chi connectivity index (χ4v) is 3.87. The Hall–Kier alpha value is -3.45. The molecular formula is C25H20ClF3N2O2. The number of alkyl halides is 3. The van der Waals surface area contributed by atoms with E-state index in [0.717, 1.165) is 5.56 Å². The van der Waals surface area contributed by atoms with E-state index in [-0.39, 0.29) is 17.7 Å². The van der Waals surface area contributed by atoms with Crippen molar-refractivity contribution in [1.29, 1.82) is 0 Å². The fourth-order valence-electron chi connectivity index (χ4n) is 3.75. The van der Waals surface area contributed by atoms with Crippen LogP contribution in [-0.2, 0) is 4.79 Å². The lowest BCUT2D eigenvalue weighted by molar-refractivity contribution is -0.274. The number of nitrogens with zero attached hydrogens (tertiary/aromatic N) is 1. The zero-order chi connectivity index (χ0) is 23.6. The second-order valence-corrected chi connectivity index (χ2v) is 8.01. The average molecular weight is 473 g/mol. The maximum Gasteiger partial charge on any atom is 0.573 e. The molecule has 0 bridgehead atoms. The molecule has 33 heavy (non-hydrogen) atoms. The SMILES string of the molecule is C[C@@H](NC1=CC(c2cccc(OC(F)(F)F)c2)N(c2ccc(Cl)cc2)C1=O)c1ccccc1. The summed E-state index contributed by atoms with van der Waals surface area (Å²) in [5, 5.41) is 3.75. The minimum absolute atomic E-state index is 0.160. The number of carbonyl (C=O) groups excluding carboxylic acids is 1. The highest BCUT2D eigenvalue weighted by atomic mass is 35.5. The van der Waals surface area contributed by atoms with Gasteiger partial charge in [0.25, 0.3) is 5.91 Å². The standard InChI is InChI=1S/C25H20ClF3N2O2/c1-16(17-6-3-2-4-7-17)30-22-15-23(18-8-5-9-21(14-18)33-25(27,28)29)31(24(22)32)20-12-10-19(26)11-13-20/h2-16,23,30H,1H3/t16-,23?/m1/s1. The van der Waals surface area contributed by atoms with Gasteiger partial charge in [-0.3, -0.25) is 9.69 Å². The van der Waals surface area contributed by atoms with E-state index in [9.17, 15) is 18.0 Å². The van der Waals surface area contributed by atoms with Crippen LogP contribution in [0.2, 0.25) is 5.02 Å². The van der Waals surface area contributed by atoms with E-state index in [2.05, 4.69) is 10.1 Å². The van der Waals surface area contributed by atoms with Crippen molar-refractivity contribution in [2.75, 3.05) is 4.90 Å². The minimum Gasteiger partial charge on any atom is -0.406 e. The lowest BCUT2D eigenvalue weighted by atomic mass is 10.1. The summed E-state index contributed by atoms with van der Waals surface area (Å²) in [7, 11) is 0. The maximum atomic E-state index is 13.4. The van der Waals surface area contributed by atoms with Crippen molar-refractivity contribution >= 4 is 23.2 Å². The zero-order valence-electron chi connectivity index (χ0n) is 17.5. The first-order valence-electron chi connectivity index (χ1n) is 10.2. The quantitative estimate of drug-likeness (QED) is 0.441. The predicted molar refractivity (Wildman–Crippen MR) is 121 cm³/mol. The van der Waals surface area contributed by atoms with E-state index in [1.165, 1.54) is 23.1 Å². The van der Waals surface area contributed by atoms with Gasteiger partial charge in [-0.25, -0.2) is 0 Å². The fraction of sp³-hybridized carbons (Fsp3) is 0.160. The molecule has 1 unspecified atom stereocenters. The first-order chi connectivity index (χ1) is 15.7. The highest BCUT2D eigenvalue weighted by molar-refractivity contribution is 6.30. The van der Waals surface area contributed by atoms with Crippen molar-refractivity contribution in [3.8, 4) is 5.75 Å². The summed E-state index contributed by atoms with van der Waals surface area (Å²) >= 11 is 6.00. The van der Waals surface area contributed by atoms with Crippen LogP contribution in [0.5, 0.6) is 5.75 Å².